The maximum Gasteiger partial charge on any atom is 0.325 e. The van der Waals surface area contributed by atoms with Gasteiger partial charge in [-0.2, -0.15) is 0 Å². The number of furan rings is 1. The molecule has 0 aliphatic carbocycles. The molecular weight excluding hydrogens is 376 g/mol. The lowest BCUT2D eigenvalue weighted by molar-refractivity contribution is -0.121. The van der Waals surface area contributed by atoms with Gasteiger partial charge in [0.05, 0.1) is 19.4 Å². The highest BCUT2D eigenvalue weighted by Gasteiger charge is 2.20. The number of carbonyl (C=O) groups excluding carboxylic acids is 2. The molecule has 9 nitrogen and oxygen atoms in total. The first-order chi connectivity index (χ1) is 14.2. The van der Waals surface area contributed by atoms with Gasteiger partial charge in [0.25, 0.3) is 0 Å². The van der Waals surface area contributed by atoms with E-state index in [-0.39, 0.29) is 12.5 Å². The summed E-state index contributed by atoms with van der Waals surface area (Å²) in [5, 5.41) is 5.02. The van der Waals surface area contributed by atoms with Crippen molar-refractivity contribution >= 4 is 17.6 Å². The molecule has 29 heavy (non-hydrogen) atoms. The molecule has 4 rings (SSSR count). The van der Waals surface area contributed by atoms with Crippen LogP contribution < -0.4 is 20.1 Å². The summed E-state index contributed by atoms with van der Waals surface area (Å²) in [4.78, 5) is 28.6. The van der Waals surface area contributed by atoms with Gasteiger partial charge in [0.1, 0.15) is 19.0 Å². The van der Waals surface area contributed by atoms with Crippen LogP contribution in [-0.4, -0.2) is 67.7 Å². The number of amides is 3. The monoisotopic (exact) mass is 400 g/mol. The number of hydrogen-bond donors (Lipinski definition) is 2. The number of hydrogen-bond acceptors (Lipinski definition) is 7. The van der Waals surface area contributed by atoms with Crippen LogP contribution in [0.15, 0.2) is 41.0 Å². The summed E-state index contributed by atoms with van der Waals surface area (Å²) in [7, 11) is 0. The molecule has 0 bridgehead atoms. The lowest BCUT2D eigenvalue weighted by Crippen LogP contribution is -2.50. The van der Waals surface area contributed by atoms with Crippen LogP contribution in [0.5, 0.6) is 11.5 Å². The molecule has 2 aliphatic rings. The number of nitrogens with zero attached hydrogens (tertiary/aromatic N) is 2. The number of urea groups is 1. The highest BCUT2D eigenvalue weighted by atomic mass is 16.6. The van der Waals surface area contributed by atoms with Crippen molar-refractivity contribution in [3.63, 3.8) is 0 Å². The topological polar surface area (TPSA) is 96.3 Å². The van der Waals surface area contributed by atoms with Gasteiger partial charge in [-0.05, 0) is 24.3 Å². The summed E-state index contributed by atoms with van der Waals surface area (Å²) in [5.41, 5.74) is 0.533. The molecule has 1 aromatic carbocycles. The van der Waals surface area contributed by atoms with Crippen molar-refractivity contribution in [3.8, 4) is 11.5 Å². The van der Waals surface area contributed by atoms with Gasteiger partial charge in [-0.3, -0.25) is 19.9 Å². The van der Waals surface area contributed by atoms with Crippen molar-refractivity contribution in [1.29, 1.82) is 0 Å². The van der Waals surface area contributed by atoms with Crippen molar-refractivity contribution in [2.75, 3.05) is 51.3 Å². The second-order valence-corrected chi connectivity index (χ2v) is 6.99. The first kappa shape index (κ1) is 19.3. The zero-order valence-electron chi connectivity index (χ0n) is 16.1. The molecule has 3 heterocycles. The smallest absolute Gasteiger partial charge is 0.325 e. The average Bonchev–Trinajstić information content (AvgIpc) is 3.22. The van der Waals surface area contributed by atoms with E-state index in [0.717, 1.165) is 38.5 Å². The number of benzene rings is 1. The summed E-state index contributed by atoms with van der Waals surface area (Å²) in [6, 6.07) is 8.38. The lowest BCUT2D eigenvalue weighted by Gasteiger charge is -2.33. The number of fused-ring (bicyclic) bond motifs is 1. The summed E-state index contributed by atoms with van der Waals surface area (Å²) >= 11 is 0. The van der Waals surface area contributed by atoms with E-state index in [2.05, 4.69) is 15.5 Å². The Hall–Kier alpha value is -3.04. The molecule has 1 fully saturated rings. The van der Waals surface area contributed by atoms with Crippen molar-refractivity contribution in [2.24, 2.45) is 0 Å². The van der Waals surface area contributed by atoms with E-state index >= 15 is 0 Å². The molecule has 0 unspecified atom stereocenters. The molecule has 0 radical (unpaired) electrons. The zero-order chi connectivity index (χ0) is 20.1. The zero-order valence-corrected chi connectivity index (χ0v) is 16.1. The fraction of sp³-hybridized carbons (Fsp3) is 0.400. The minimum atomic E-state index is -0.567. The predicted octanol–water partition coefficient (Wildman–Crippen LogP) is 1.52. The number of anilines is 1. The number of nitrogens with one attached hydrogen (secondary N) is 2. The minimum absolute atomic E-state index is 0.184. The second-order valence-electron chi connectivity index (χ2n) is 6.99. The summed E-state index contributed by atoms with van der Waals surface area (Å²) in [6.45, 7) is 5.14. The summed E-state index contributed by atoms with van der Waals surface area (Å²) in [6.07, 6.45) is 1.67. The molecule has 0 spiro atoms. The molecule has 3 amide bonds. The third-order valence-corrected chi connectivity index (χ3v) is 4.84. The first-order valence-electron chi connectivity index (χ1n) is 9.63. The standard InChI is InChI=1S/C20H24N4O5/c25-19(14-24-7-5-23(6-8-24)13-16-2-1-9-27-16)22-20(26)21-15-3-4-17-18(12-15)29-11-10-28-17/h1-4,9,12H,5-8,10-11,13-14H2,(H2,21,22,25,26). The Balaban J connectivity index is 1.19. The molecule has 0 atom stereocenters. The van der Waals surface area contributed by atoms with Gasteiger partial charge < -0.3 is 19.2 Å². The molecule has 2 aliphatic heterocycles. The number of carbonyl (C=O) groups is 2. The summed E-state index contributed by atoms with van der Waals surface area (Å²) in [5.74, 6) is 1.82. The van der Waals surface area contributed by atoms with E-state index in [1.807, 2.05) is 17.0 Å². The average molecular weight is 400 g/mol. The highest BCUT2D eigenvalue weighted by molar-refractivity contribution is 6.01. The van der Waals surface area contributed by atoms with Gasteiger partial charge in [0.15, 0.2) is 11.5 Å². The van der Waals surface area contributed by atoms with Crippen LogP contribution in [0, 0.1) is 0 Å². The molecular formula is C20H24N4O5. The number of imide groups is 1. The molecule has 1 aromatic heterocycles. The molecule has 2 aromatic rings. The Labute approximate surface area is 168 Å². The van der Waals surface area contributed by atoms with Crippen LogP contribution in [0.1, 0.15) is 5.76 Å². The second kappa shape index (κ2) is 8.97. The number of piperazine rings is 1. The van der Waals surface area contributed by atoms with Gasteiger partial charge in [0, 0.05) is 37.9 Å². The van der Waals surface area contributed by atoms with Crippen molar-refractivity contribution in [3.05, 3.63) is 42.4 Å². The Morgan fingerprint density at radius 2 is 1.72 bits per heavy atom. The van der Waals surface area contributed by atoms with Crippen molar-refractivity contribution in [2.45, 2.75) is 6.54 Å². The van der Waals surface area contributed by atoms with E-state index in [9.17, 15) is 9.59 Å². The van der Waals surface area contributed by atoms with Crippen LogP contribution in [0.3, 0.4) is 0 Å². The Morgan fingerprint density at radius 3 is 2.48 bits per heavy atom. The predicted molar refractivity (Wildman–Crippen MR) is 105 cm³/mol. The SMILES string of the molecule is O=C(CN1CCN(Cc2ccco2)CC1)NC(=O)Nc1ccc2c(c1)OCCO2. The van der Waals surface area contributed by atoms with E-state index < -0.39 is 6.03 Å². The molecule has 154 valence electrons. The van der Waals surface area contributed by atoms with Crippen LogP contribution in [0.25, 0.3) is 0 Å². The molecule has 9 heteroatoms. The van der Waals surface area contributed by atoms with Gasteiger partial charge in [-0.15, -0.1) is 0 Å². The number of rotatable bonds is 5. The van der Waals surface area contributed by atoms with E-state index in [1.165, 1.54) is 0 Å². The van der Waals surface area contributed by atoms with E-state index in [0.29, 0.717) is 30.4 Å². The fourth-order valence-electron chi connectivity index (χ4n) is 3.38. The van der Waals surface area contributed by atoms with Gasteiger partial charge in [-0.25, -0.2) is 4.79 Å². The van der Waals surface area contributed by atoms with E-state index in [4.69, 9.17) is 13.9 Å². The third-order valence-electron chi connectivity index (χ3n) is 4.84. The summed E-state index contributed by atoms with van der Waals surface area (Å²) < 4.78 is 16.3. The van der Waals surface area contributed by atoms with Gasteiger partial charge >= 0.3 is 6.03 Å². The molecule has 0 saturated carbocycles. The molecule has 1 saturated heterocycles. The van der Waals surface area contributed by atoms with Crippen LogP contribution >= 0.6 is 0 Å². The Kier molecular flexibility index (Phi) is 5.97. The lowest BCUT2D eigenvalue weighted by atomic mass is 10.2. The maximum absolute atomic E-state index is 12.2. The normalized spacial score (nSPS) is 17.0. The number of ether oxygens (including phenoxy) is 2. The van der Waals surface area contributed by atoms with Crippen LogP contribution in [-0.2, 0) is 11.3 Å². The van der Waals surface area contributed by atoms with Gasteiger partial charge in [-0.1, -0.05) is 0 Å². The quantitative estimate of drug-likeness (QED) is 0.785. The highest BCUT2D eigenvalue weighted by Crippen LogP contribution is 2.32. The van der Waals surface area contributed by atoms with Crippen LogP contribution in [0.2, 0.25) is 0 Å². The van der Waals surface area contributed by atoms with Gasteiger partial charge in [0.2, 0.25) is 5.91 Å². The Morgan fingerprint density at radius 1 is 0.966 bits per heavy atom. The van der Waals surface area contributed by atoms with E-state index in [1.54, 1.807) is 24.5 Å². The minimum Gasteiger partial charge on any atom is -0.486 e. The maximum atomic E-state index is 12.2. The first-order valence-corrected chi connectivity index (χ1v) is 9.63. The molecule has 2 N–H and O–H groups in total. The van der Waals surface area contributed by atoms with Crippen molar-refractivity contribution < 1.29 is 23.5 Å². The largest absolute Gasteiger partial charge is 0.486 e. The third kappa shape index (κ3) is 5.27. The fourth-order valence-corrected chi connectivity index (χ4v) is 3.38. The Bertz CT molecular complexity index is 847. The van der Waals surface area contributed by atoms with Crippen molar-refractivity contribution in [1.82, 2.24) is 15.1 Å². The van der Waals surface area contributed by atoms with Crippen LogP contribution in [0.4, 0.5) is 10.5 Å².